The third-order valence-electron chi connectivity index (χ3n) is 2.67. The van der Waals surface area contributed by atoms with Crippen molar-refractivity contribution >= 4 is 5.82 Å². The van der Waals surface area contributed by atoms with Gasteiger partial charge in [-0.1, -0.05) is 36.4 Å². The molecule has 0 saturated carbocycles. The first-order chi connectivity index (χ1) is 8.84. The molecule has 0 atom stereocenters. The molecule has 0 aliphatic heterocycles. The molecule has 3 rings (SSSR count). The van der Waals surface area contributed by atoms with Gasteiger partial charge in [0.1, 0.15) is 5.82 Å². The van der Waals surface area contributed by atoms with Crippen molar-refractivity contribution in [3.63, 3.8) is 0 Å². The Balaban J connectivity index is 2.07. The first kappa shape index (κ1) is 10.5. The molecule has 0 radical (unpaired) electrons. The lowest BCUT2D eigenvalue weighted by Crippen LogP contribution is -2.03. The Labute approximate surface area is 105 Å². The molecule has 0 aliphatic carbocycles. The van der Waals surface area contributed by atoms with Crippen LogP contribution in [-0.2, 0) is 0 Å². The summed E-state index contributed by atoms with van der Waals surface area (Å²) >= 11 is 0. The van der Waals surface area contributed by atoms with E-state index in [-0.39, 0.29) is 0 Å². The smallest absolute Gasteiger partial charge is 0.155 e. The highest BCUT2D eigenvalue weighted by Gasteiger charge is 2.08. The fraction of sp³-hybridized carbons (Fsp3) is 0. The van der Waals surface area contributed by atoms with Crippen LogP contribution < -0.4 is 5.73 Å². The van der Waals surface area contributed by atoms with Gasteiger partial charge < -0.3 is 5.73 Å². The summed E-state index contributed by atoms with van der Waals surface area (Å²) in [5, 5.41) is 4.48. The van der Waals surface area contributed by atoms with Crippen LogP contribution in [-0.4, -0.2) is 14.8 Å². The molecular weight excluding hydrogens is 224 g/mol. The first-order valence-electron chi connectivity index (χ1n) is 5.67. The van der Waals surface area contributed by atoms with E-state index >= 15 is 0 Å². The van der Waals surface area contributed by atoms with Crippen LogP contribution in [0.25, 0.3) is 17.1 Å². The molecule has 0 unspecified atom stereocenters. The standard InChI is InChI=1S/C14H12N4/c15-13-10-12(11-6-2-1-3-7-11)17-18(13)14-8-4-5-9-16-14/h1-10H,15H2. The van der Waals surface area contributed by atoms with Gasteiger partial charge in [-0.25, -0.2) is 4.98 Å². The van der Waals surface area contributed by atoms with Crippen LogP contribution in [0.1, 0.15) is 0 Å². The predicted octanol–water partition coefficient (Wildman–Crippen LogP) is 2.52. The van der Waals surface area contributed by atoms with Crippen LogP contribution in [0.5, 0.6) is 0 Å². The van der Waals surface area contributed by atoms with Gasteiger partial charge in [0.05, 0.1) is 5.69 Å². The summed E-state index contributed by atoms with van der Waals surface area (Å²) in [5.41, 5.74) is 7.86. The van der Waals surface area contributed by atoms with E-state index in [1.807, 2.05) is 54.6 Å². The largest absolute Gasteiger partial charge is 0.384 e. The highest BCUT2D eigenvalue weighted by atomic mass is 15.3. The number of rotatable bonds is 2. The van der Waals surface area contributed by atoms with Crippen molar-refractivity contribution in [2.75, 3.05) is 5.73 Å². The quantitative estimate of drug-likeness (QED) is 0.743. The van der Waals surface area contributed by atoms with Crippen LogP contribution in [0.15, 0.2) is 60.8 Å². The van der Waals surface area contributed by atoms with Gasteiger partial charge in [0.2, 0.25) is 0 Å². The molecule has 0 saturated heterocycles. The van der Waals surface area contributed by atoms with Crippen molar-refractivity contribution in [1.29, 1.82) is 0 Å². The molecule has 2 N–H and O–H groups in total. The second-order valence-electron chi connectivity index (χ2n) is 3.92. The molecule has 0 bridgehead atoms. The van der Waals surface area contributed by atoms with Gasteiger partial charge in [0.15, 0.2) is 5.82 Å². The van der Waals surface area contributed by atoms with Crippen molar-refractivity contribution < 1.29 is 0 Å². The number of aromatic nitrogens is 3. The molecule has 0 amide bonds. The van der Waals surface area contributed by atoms with Crippen LogP contribution in [0, 0.1) is 0 Å². The van der Waals surface area contributed by atoms with Gasteiger partial charge in [0.25, 0.3) is 0 Å². The van der Waals surface area contributed by atoms with Gasteiger partial charge in [0, 0.05) is 17.8 Å². The molecular formula is C14H12N4. The van der Waals surface area contributed by atoms with E-state index in [9.17, 15) is 0 Å². The van der Waals surface area contributed by atoms with E-state index in [0.717, 1.165) is 17.1 Å². The van der Waals surface area contributed by atoms with E-state index in [0.29, 0.717) is 5.82 Å². The number of nitrogens with two attached hydrogens (primary N) is 1. The zero-order valence-corrected chi connectivity index (χ0v) is 9.69. The number of hydrogen-bond donors (Lipinski definition) is 1. The van der Waals surface area contributed by atoms with E-state index in [1.54, 1.807) is 10.9 Å². The van der Waals surface area contributed by atoms with E-state index in [4.69, 9.17) is 5.73 Å². The molecule has 0 fully saturated rings. The SMILES string of the molecule is Nc1cc(-c2ccccc2)nn1-c1ccccn1. The number of hydrogen-bond acceptors (Lipinski definition) is 3. The van der Waals surface area contributed by atoms with Crippen molar-refractivity contribution in [2.45, 2.75) is 0 Å². The normalized spacial score (nSPS) is 10.4. The van der Waals surface area contributed by atoms with Crippen molar-refractivity contribution in [2.24, 2.45) is 0 Å². The van der Waals surface area contributed by atoms with E-state index in [1.165, 1.54) is 0 Å². The minimum atomic E-state index is 0.576. The summed E-state index contributed by atoms with van der Waals surface area (Å²) in [6.45, 7) is 0. The molecule has 0 spiro atoms. The maximum absolute atomic E-state index is 5.97. The number of nitrogen functional groups attached to an aromatic ring is 1. The third kappa shape index (κ3) is 1.84. The topological polar surface area (TPSA) is 56.7 Å². The highest BCUT2D eigenvalue weighted by Crippen LogP contribution is 2.21. The van der Waals surface area contributed by atoms with Gasteiger partial charge in [-0.2, -0.15) is 9.78 Å². The summed E-state index contributed by atoms with van der Waals surface area (Å²) in [6, 6.07) is 17.4. The Morgan fingerprint density at radius 2 is 1.72 bits per heavy atom. The Kier molecular flexibility index (Phi) is 2.53. The molecule has 3 aromatic rings. The molecule has 0 aliphatic rings. The van der Waals surface area contributed by atoms with E-state index < -0.39 is 0 Å². The minimum absolute atomic E-state index is 0.576. The number of nitrogens with zero attached hydrogens (tertiary/aromatic N) is 3. The van der Waals surface area contributed by atoms with Crippen LogP contribution in [0.3, 0.4) is 0 Å². The lowest BCUT2D eigenvalue weighted by Gasteiger charge is -2.01. The summed E-state index contributed by atoms with van der Waals surface area (Å²) in [5.74, 6) is 1.30. The summed E-state index contributed by atoms with van der Waals surface area (Å²) in [7, 11) is 0. The lowest BCUT2D eigenvalue weighted by molar-refractivity contribution is 0.860. The molecule has 2 heterocycles. The zero-order valence-electron chi connectivity index (χ0n) is 9.69. The Bertz CT molecular complexity index is 644. The van der Waals surface area contributed by atoms with Gasteiger partial charge in [-0.3, -0.25) is 0 Å². The Morgan fingerprint density at radius 1 is 0.944 bits per heavy atom. The summed E-state index contributed by atoms with van der Waals surface area (Å²) in [4.78, 5) is 4.24. The van der Waals surface area contributed by atoms with Crippen LogP contribution in [0.2, 0.25) is 0 Å². The second-order valence-corrected chi connectivity index (χ2v) is 3.92. The van der Waals surface area contributed by atoms with Gasteiger partial charge in [-0.05, 0) is 12.1 Å². The minimum Gasteiger partial charge on any atom is -0.384 e. The number of anilines is 1. The maximum Gasteiger partial charge on any atom is 0.155 e. The maximum atomic E-state index is 5.97. The molecule has 4 heteroatoms. The monoisotopic (exact) mass is 236 g/mol. The van der Waals surface area contributed by atoms with Gasteiger partial charge in [-0.15, -0.1) is 0 Å². The number of benzene rings is 1. The fourth-order valence-corrected chi connectivity index (χ4v) is 1.81. The fourth-order valence-electron chi connectivity index (χ4n) is 1.81. The highest BCUT2D eigenvalue weighted by molar-refractivity contribution is 5.63. The van der Waals surface area contributed by atoms with Gasteiger partial charge >= 0.3 is 0 Å². The second kappa shape index (κ2) is 4.33. The molecule has 1 aromatic carbocycles. The van der Waals surface area contributed by atoms with Crippen LogP contribution >= 0.6 is 0 Å². The third-order valence-corrected chi connectivity index (χ3v) is 2.67. The molecule has 4 nitrogen and oxygen atoms in total. The Morgan fingerprint density at radius 3 is 2.44 bits per heavy atom. The molecule has 2 aromatic heterocycles. The number of pyridine rings is 1. The predicted molar refractivity (Wildman–Crippen MR) is 71.2 cm³/mol. The summed E-state index contributed by atoms with van der Waals surface area (Å²) in [6.07, 6.45) is 1.72. The Hall–Kier alpha value is -2.62. The molecule has 88 valence electrons. The average Bonchev–Trinajstić information content (AvgIpc) is 2.83. The van der Waals surface area contributed by atoms with Crippen molar-refractivity contribution in [3.05, 3.63) is 60.8 Å². The average molecular weight is 236 g/mol. The van der Waals surface area contributed by atoms with Crippen molar-refractivity contribution in [3.8, 4) is 17.1 Å². The van der Waals surface area contributed by atoms with Crippen molar-refractivity contribution in [1.82, 2.24) is 14.8 Å². The van der Waals surface area contributed by atoms with Crippen LogP contribution in [0.4, 0.5) is 5.82 Å². The van der Waals surface area contributed by atoms with E-state index in [2.05, 4.69) is 10.1 Å². The lowest BCUT2D eigenvalue weighted by atomic mass is 10.2. The molecule has 18 heavy (non-hydrogen) atoms. The zero-order chi connectivity index (χ0) is 12.4. The first-order valence-corrected chi connectivity index (χ1v) is 5.67. The summed E-state index contributed by atoms with van der Waals surface area (Å²) < 4.78 is 1.64.